The molecule has 0 aliphatic carbocycles. The van der Waals surface area contributed by atoms with Crippen molar-refractivity contribution in [2.45, 2.75) is 13.8 Å². The highest BCUT2D eigenvalue weighted by molar-refractivity contribution is 5.89. The van der Waals surface area contributed by atoms with Gasteiger partial charge in [0.2, 0.25) is 0 Å². The van der Waals surface area contributed by atoms with Gasteiger partial charge in [0, 0.05) is 0 Å². The molecular weight excluding hydrogens is 166 g/mol. The van der Waals surface area contributed by atoms with Gasteiger partial charge in [0.25, 0.3) is 0 Å². The van der Waals surface area contributed by atoms with Gasteiger partial charge < -0.3 is 5.11 Å². The number of carbonyl (C=O) groups is 1. The quantitative estimate of drug-likeness (QED) is 0.708. The number of nitriles is 1. The molecule has 13 heavy (non-hydrogen) atoms. The van der Waals surface area contributed by atoms with Crippen LogP contribution in [0.4, 0.5) is 0 Å². The van der Waals surface area contributed by atoms with Crippen LogP contribution in [0.2, 0.25) is 0 Å². The first-order valence-electron chi connectivity index (χ1n) is 3.81. The molecule has 0 amide bonds. The molecule has 0 aliphatic heterocycles. The van der Waals surface area contributed by atoms with E-state index >= 15 is 0 Å². The van der Waals surface area contributed by atoms with Gasteiger partial charge in [0.15, 0.2) is 0 Å². The van der Waals surface area contributed by atoms with Crippen LogP contribution < -0.4 is 0 Å². The predicted octanol–water partition coefficient (Wildman–Crippen LogP) is 1.87. The van der Waals surface area contributed by atoms with E-state index in [4.69, 9.17) is 10.4 Å². The van der Waals surface area contributed by atoms with Crippen molar-refractivity contribution in [3.63, 3.8) is 0 Å². The minimum Gasteiger partial charge on any atom is -0.478 e. The Morgan fingerprint density at radius 1 is 1.38 bits per heavy atom. The van der Waals surface area contributed by atoms with Crippen molar-refractivity contribution in [2.24, 2.45) is 0 Å². The van der Waals surface area contributed by atoms with Gasteiger partial charge in [0.05, 0.1) is 17.2 Å². The van der Waals surface area contributed by atoms with Crippen LogP contribution in [-0.4, -0.2) is 11.1 Å². The molecule has 0 aromatic heterocycles. The molecular formula is C10H9NO2. The number of hydrogen-bond donors (Lipinski definition) is 1. The summed E-state index contributed by atoms with van der Waals surface area (Å²) in [6.45, 7) is 3.41. The Bertz CT molecular complexity index is 402. The summed E-state index contributed by atoms with van der Waals surface area (Å²) in [5.41, 5.74) is 2.11. The maximum absolute atomic E-state index is 10.7. The molecule has 1 rings (SSSR count). The molecule has 3 heteroatoms. The lowest BCUT2D eigenvalue weighted by Gasteiger charge is -2.03. The second-order valence-corrected chi connectivity index (χ2v) is 2.90. The molecule has 0 aliphatic rings. The first kappa shape index (κ1) is 9.27. The first-order chi connectivity index (χ1) is 6.06. The van der Waals surface area contributed by atoms with E-state index in [-0.39, 0.29) is 5.56 Å². The van der Waals surface area contributed by atoms with E-state index in [0.29, 0.717) is 16.7 Å². The Morgan fingerprint density at radius 3 is 2.46 bits per heavy atom. The van der Waals surface area contributed by atoms with E-state index in [1.165, 1.54) is 6.07 Å². The highest BCUT2D eigenvalue weighted by Crippen LogP contribution is 2.15. The fourth-order valence-corrected chi connectivity index (χ4v) is 1.17. The zero-order valence-electron chi connectivity index (χ0n) is 7.46. The van der Waals surface area contributed by atoms with Crippen molar-refractivity contribution in [2.75, 3.05) is 0 Å². The molecule has 3 nitrogen and oxygen atoms in total. The standard InChI is InChI=1S/C10H9NO2/c1-6-4-9(10(12)13)7(2)3-8(6)5-11/h3-4H,1-2H3,(H,12,13). The Labute approximate surface area is 76.2 Å². The maximum Gasteiger partial charge on any atom is 0.335 e. The molecule has 0 saturated heterocycles. The average molecular weight is 175 g/mol. The van der Waals surface area contributed by atoms with Crippen molar-refractivity contribution in [1.29, 1.82) is 5.26 Å². The Balaban J connectivity index is 3.39. The van der Waals surface area contributed by atoms with Crippen LogP contribution in [0.1, 0.15) is 27.0 Å². The van der Waals surface area contributed by atoms with E-state index < -0.39 is 5.97 Å². The van der Waals surface area contributed by atoms with Crippen molar-refractivity contribution in [3.05, 3.63) is 34.4 Å². The molecule has 66 valence electrons. The summed E-state index contributed by atoms with van der Waals surface area (Å²) in [6, 6.07) is 5.13. The van der Waals surface area contributed by atoms with Crippen LogP contribution in [0.5, 0.6) is 0 Å². The predicted molar refractivity (Wildman–Crippen MR) is 47.6 cm³/mol. The number of aromatic carboxylic acids is 1. The van der Waals surface area contributed by atoms with Gasteiger partial charge in [-0.15, -0.1) is 0 Å². The van der Waals surface area contributed by atoms with Crippen LogP contribution in [0.3, 0.4) is 0 Å². The highest BCUT2D eigenvalue weighted by atomic mass is 16.4. The SMILES string of the molecule is Cc1cc(C(=O)O)c(C)cc1C#N. The number of hydrogen-bond acceptors (Lipinski definition) is 2. The molecule has 0 unspecified atom stereocenters. The van der Waals surface area contributed by atoms with Gasteiger partial charge >= 0.3 is 5.97 Å². The third-order valence-corrected chi connectivity index (χ3v) is 1.92. The van der Waals surface area contributed by atoms with Gasteiger partial charge in [0.1, 0.15) is 0 Å². The van der Waals surface area contributed by atoms with E-state index in [1.807, 2.05) is 6.07 Å². The molecule has 0 radical (unpaired) electrons. The number of benzene rings is 1. The summed E-state index contributed by atoms with van der Waals surface area (Å²) in [4.78, 5) is 10.7. The molecule has 0 saturated carbocycles. The minimum absolute atomic E-state index is 0.261. The number of rotatable bonds is 1. The van der Waals surface area contributed by atoms with Crippen LogP contribution in [-0.2, 0) is 0 Å². The number of aryl methyl sites for hydroxylation is 2. The zero-order chi connectivity index (χ0) is 10.0. The van der Waals surface area contributed by atoms with Gasteiger partial charge in [-0.25, -0.2) is 4.79 Å². The number of nitrogens with zero attached hydrogens (tertiary/aromatic N) is 1. The molecule has 1 aromatic carbocycles. The second-order valence-electron chi connectivity index (χ2n) is 2.90. The van der Waals surface area contributed by atoms with Gasteiger partial charge in [-0.2, -0.15) is 5.26 Å². The van der Waals surface area contributed by atoms with Crippen LogP contribution >= 0.6 is 0 Å². The molecule has 0 bridgehead atoms. The largest absolute Gasteiger partial charge is 0.478 e. The average Bonchev–Trinajstić information content (AvgIpc) is 2.07. The summed E-state index contributed by atoms with van der Waals surface area (Å²) >= 11 is 0. The van der Waals surface area contributed by atoms with E-state index in [9.17, 15) is 4.79 Å². The van der Waals surface area contributed by atoms with Crippen molar-refractivity contribution >= 4 is 5.97 Å². The van der Waals surface area contributed by atoms with Crippen molar-refractivity contribution in [3.8, 4) is 6.07 Å². The number of carboxylic acids is 1. The molecule has 0 spiro atoms. The summed E-state index contributed by atoms with van der Waals surface area (Å²) in [6.07, 6.45) is 0. The van der Waals surface area contributed by atoms with Gasteiger partial charge in [-0.1, -0.05) is 0 Å². The minimum atomic E-state index is -0.954. The number of carboxylic acid groups (broad SMARTS) is 1. The first-order valence-corrected chi connectivity index (χ1v) is 3.81. The fourth-order valence-electron chi connectivity index (χ4n) is 1.17. The summed E-state index contributed by atoms with van der Waals surface area (Å²) in [5.74, 6) is -0.954. The third kappa shape index (κ3) is 1.67. The maximum atomic E-state index is 10.7. The lowest BCUT2D eigenvalue weighted by atomic mass is 10.0. The lowest BCUT2D eigenvalue weighted by molar-refractivity contribution is 0.0696. The molecule has 1 aromatic rings. The highest BCUT2D eigenvalue weighted by Gasteiger charge is 2.09. The smallest absolute Gasteiger partial charge is 0.335 e. The van der Waals surface area contributed by atoms with Crippen LogP contribution in [0, 0.1) is 25.2 Å². The molecule has 0 fully saturated rings. The van der Waals surface area contributed by atoms with Gasteiger partial charge in [-0.05, 0) is 37.1 Å². The van der Waals surface area contributed by atoms with E-state index in [0.717, 1.165) is 0 Å². The summed E-state index contributed by atoms with van der Waals surface area (Å²) in [5, 5.41) is 17.4. The second kappa shape index (κ2) is 3.28. The van der Waals surface area contributed by atoms with E-state index in [1.54, 1.807) is 19.9 Å². The van der Waals surface area contributed by atoms with E-state index in [2.05, 4.69) is 0 Å². The summed E-state index contributed by atoms with van der Waals surface area (Å²) < 4.78 is 0. The lowest BCUT2D eigenvalue weighted by Crippen LogP contribution is -2.01. The third-order valence-electron chi connectivity index (χ3n) is 1.92. The van der Waals surface area contributed by atoms with Gasteiger partial charge in [-0.3, -0.25) is 0 Å². The Hall–Kier alpha value is -1.82. The topological polar surface area (TPSA) is 61.1 Å². The Morgan fingerprint density at radius 2 is 2.00 bits per heavy atom. The fraction of sp³-hybridized carbons (Fsp3) is 0.200. The zero-order valence-corrected chi connectivity index (χ0v) is 7.46. The van der Waals surface area contributed by atoms with Crippen molar-refractivity contribution < 1.29 is 9.90 Å². The Kier molecular flexibility index (Phi) is 2.34. The van der Waals surface area contributed by atoms with Crippen LogP contribution in [0.15, 0.2) is 12.1 Å². The summed E-state index contributed by atoms with van der Waals surface area (Å²) in [7, 11) is 0. The van der Waals surface area contributed by atoms with Crippen LogP contribution in [0.25, 0.3) is 0 Å². The monoisotopic (exact) mass is 175 g/mol. The molecule has 1 N–H and O–H groups in total. The normalized spacial score (nSPS) is 9.31. The molecule has 0 heterocycles. The van der Waals surface area contributed by atoms with Crippen molar-refractivity contribution in [1.82, 2.24) is 0 Å². The molecule has 0 atom stereocenters.